The van der Waals surface area contributed by atoms with Crippen molar-refractivity contribution < 1.29 is 27.1 Å². The number of amides is 1. The first-order valence-electron chi connectivity index (χ1n) is 9.93. The highest BCUT2D eigenvalue weighted by atomic mass is 19.4. The number of hydrogen-bond acceptors (Lipinski definition) is 4. The normalized spacial score (nSPS) is 11.5. The monoisotopic (exact) mass is 471 g/mol. The zero-order valence-corrected chi connectivity index (χ0v) is 17.9. The zero-order valence-electron chi connectivity index (χ0n) is 17.9. The summed E-state index contributed by atoms with van der Waals surface area (Å²) in [6, 6.07) is 11.2. The van der Waals surface area contributed by atoms with Crippen LogP contribution in [0, 0.1) is 12.7 Å². The number of ether oxygens (including phenoxy) is 1. The number of carbonyl (C=O) groups excluding carboxylic acids is 1. The molecule has 6 nitrogen and oxygen atoms in total. The zero-order chi connectivity index (χ0) is 24.6. The lowest BCUT2D eigenvalue weighted by molar-refractivity contribution is -0.137. The average Bonchev–Trinajstić information content (AvgIpc) is 2.79. The number of aryl methyl sites for hydroxylation is 1. The van der Waals surface area contributed by atoms with Gasteiger partial charge in [-0.2, -0.15) is 13.2 Å². The van der Waals surface area contributed by atoms with E-state index in [1.54, 1.807) is 31.2 Å². The Morgan fingerprint density at radius 3 is 2.56 bits per heavy atom. The summed E-state index contributed by atoms with van der Waals surface area (Å²) >= 11 is 0. The Labute approximate surface area is 190 Å². The molecule has 0 saturated carbocycles. The van der Waals surface area contributed by atoms with Gasteiger partial charge in [-0.25, -0.2) is 9.37 Å². The fourth-order valence-corrected chi connectivity index (χ4v) is 3.50. The van der Waals surface area contributed by atoms with Gasteiger partial charge in [0.25, 0.3) is 11.5 Å². The molecule has 0 bridgehead atoms. The fraction of sp³-hybridized carbons (Fsp3) is 0.125. The molecule has 0 aliphatic rings. The molecule has 1 heterocycles. The van der Waals surface area contributed by atoms with Crippen molar-refractivity contribution in [1.29, 1.82) is 0 Å². The second-order valence-corrected chi connectivity index (χ2v) is 7.46. The lowest BCUT2D eigenvalue weighted by Crippen LogP contribution is -2.20. The smallest absolute Gasteiger partial charge is 0.416 e. The van der Waals surface area contributed by atoms with Crippen LogP contribution in [0.15, 0.2) is 65.7 Å². The van der Waals surface area contributed by atoms with Crippen molar-refractivity contribution in [3.05, 3.63) is 93.8 Å². The molecule has 0 saturated heterocycles. The highest BCUT2D eigenvalue weighted by Crippen LogP contribution is 2.31. The van der Waals surface area contributed by atoms with Crippen molar-refractivity contribution in [3.8, 4) is 11.4 Å². The van der Waals surface area contributed by atoms with E-state index in [1.165, 1.54) is 30.1 Å². The van der Waals surface area contributed by atoms with Gasteiger partial charge in [0.1, 0.15) is 23.4 Å². The topological polar surface area (TPSA) is 73.2 Å². The minimum Gasteiger partial charge on any atom is -0.494 e. The maximum Gasteiger partial charge on any atom is 0.416 e. The predicted octanol–water partition coefficient (Wildman–Crippen LogP) is 5.11. The molecule has 0 fully saturated rings. The van der Waals surface area contributed by atoms with Crippen molar-refractivity contribution >= 4 is 22.5 Å². The third-order valence-corrected chi connectivity index (χ3v) is 5.18. The number of para-hydroxylation sites is 1. The quantitative estimate of drug-likeness (QED) is 0.420. The lowest BCUT2D eigenvalue weighted by atomic mass is 10.1. The van der Waals surface area contributed by atoms with Crippen molar-refractivity contribution in [2.24, 2.45) is 0 Å². The van der Waals surface area contributed by atoms with E-state index in [2.05, 4.69) is 10.3 Å². The first kappa shape index (κ1) is 23.0. The SMILES string of the molecule is COc1cccc2c(=O)n(-c3cc(NC(=O)c4cc(F)cc(C(F)(F)F)c4)ccc3C)cnc12. The van der Waals surface area contributed by atoms with Crippen molar-refractivity contribution in [2.75, 3.05) is 12.4 Å². The van der Waals surface area contributed by atoms with Crippen LogP contribution in [0.2, 0.25) is 0 Å². The van der Waals surface area contributed by atoms with E-state index in [9.17, 15) is 27.2 Å². The Bertz CT molecular complexity index is 1480. The van der Waals surface area contributed by atoms with E-state index in [4.69, 9.17) is 4.74 Å². The van der Waals surface area contributed by atoms with Gasteiger partial charge in [0.2, 0.25) is 0 Å². The largest absolute Gasteiger partial charge is 0.494 e. The number of nitrogens with zero attached hydrogens (tertiary/aromatic N) is 2. The number of alkyl halides is 3. The molecular formula is C24H17F4N3O3. The van der Waals surface area contributed by atoms with Gasteiger partial charge in [-0.15, -0.1) is 0 Å². The van der Waals surface area contributed by atoms with Crippen LogP contribution in [0.5, 0.6) is 5.75 Å². The molecule has 1 aromatic heterocycles. The molecule has 174 valence electrons. The van der Waals surface area contributed by atoms with Gasteiger partial charge in [0.05, 0.1) is 23.7 Å². The molecule has 0 atom stereocenters. The summed E-state index contributed by atoms with van der Waals surface area (Å²) < 4.78 is 59.1. The van der Waals surface area contributed by atoms with Gasteiger partial charge < -0.3 is 10.1 Å². The molecule has 0 spiro atoms. The summed E-state index contributed by atoms with van der Waals surface area (Å²) in [6.45, 7) is 1.74. The van der Waals surface area contributed by atoms with Gasteiger partial charge in [0.15, 0.2) is 0 Å². The number of methoxy groups -OCH3 is 1. The molecule has 0 aliphatic heterocycles. The third-order valence-electron chi connectivity index (χ3n) is 5.18. The number of halogens is 4. The van der Waals surface area contributed by atoms with E-state index in [1.807, 2.05) is 0 Å². The van der Waals surface area contributed by atoms with Crippen LogP contribution in [-0.4, -0.2) is 22.6 Å². The van der Waals surface area contributed by atoms with Gasteiger partial charge in [-0.05, 0) is 55.0 Å². The molecule has 4 aromatic rings. The van der Waals surface area contributed by atoms with E-state index < -0.39 is 29.0 Å². The van der Waals surface area contributed by atoms with Gasteiger partial charge in [-0.1, -0.05) is 12.1 Å². The summed E-state index contributed by atoms with van der Waals surface area (Å²) in [7, 11) is 1.47. The first-order valence-corrected chi connectivity index (χ1v) is 9.93. The molecule has 4 rings (SSSR count). The predicted molar refractivity (Wildman–Crippen MR) is 118 cm³/mol. The Kier molecular flexibility index (Phi) is 5.82. The number of benzene rings is 3. The third kappa shape index (κ3) is 4.34. The summed E-state index contributed by atoms with van der Waals surface area (Å²) in [4.78, 5) is 30.0. The number of anilines is 1. The maximum atomic E-state index is 13.7. The highest BCUT2D eigenvalue weighted by molar-refractivity contribution is 6.04. The van der Waals surface area contributed by atoms with E-state index in [-0.39, 0.29) is 11.2 Å². The van der Waals surface area contributed by atoms with Crippen molar-refractivity contribution in [1.82, 2.24) is 9.55 Å². The number of rotatable bonds is 4. The summed E-state index contributed by atoms with van der Waals surface area (Å²) in [5.74, 6) is -1.69. The molecule has 1 amide bonds. The van der Waals surface area contributed by atoms with Gasteiger partial charge in [-0.3, -0.25) is 14.2 Å². The molecular weight excluding hydrogens is 454 g/mol. The Morgan fingerprint density at radius 1 is 1.09 bits per heavy atom. The standard InChI is InChI=1S/C24H17F4N3O3/c1-13-6-7-17(30-22(32)14-8-15(24(26,27)28)10-16(25)9-14)11-19(13)31-12-29-21-18(23(31)33)4-3-5-20(21)34-2/h3-12H,1-2H3,(H,30,32). The number of carbonyl (C=O) groups is 1. The second kappa shape index (κ2) is 8.62. The van der Waals surface area contributed by atoms with Crippen LogP contribution in [0.4, 0.5) is 23.2 Å². The van der Waals surface area contributed by atoms with Crippen molar-refractivity contribution in [3.63, 3.8) is 0 Å². The first-order chi connectivity index (χ1) is 16.1. The van der Waals surface area contributed by atoms with Crippen LogP contribution in [0.1, 0.15) is 21.5 Å². The van der Waals surface area contributed by atoms with Crippen LogP contribution >= 0.6 is 0 Å². The Balaban J connectivity index is 1.72. The van der Waals surface area contributed by atoms with E-state index >= 15 is 0 Å². The van der Waals surface area contributed by atoms with Gasteiger partial charge >= 0.3 is 6.18 Å². The van der Waals surface area contributed by atoms with Crippen LogP contribution in [0.25, 0.3) is 16.6 Å². The van der Waals surface area contributed by atoms with Crippen LogP contribution < -0.4 is 15.6 Å². The Hall–Kier alpha value is -4.21. The fourth-order valence-electron chi connectivity index (χ4n) is 3.50. The van der Waals surface area contributed by atoms with Crippen LogP contribution in [-0.2, 0) is 6.18 Å². The summed E-state index contributed by atoms with van der Waals surface area (Å²) in [5, 5.41) is 2.76. The highest BCUT2D eigenvalue weighted by Gasteiger charge is 2.32. The second-order valence-electron chi connectivity index (χ2n) is 7.46. The number of fused-ring (bicyclic) bond motifs is 1. The maximum absolute atomic E-state index is 13.7. The molecule has 34 heavy (non-hydrogen) atoms. The van der Waals surface area contributed by atoms with Crippen LogP contribution in [0.3, 0.4) is 0 Å². The van der Waals surface area contributed by atoms with Gasteiger partial charge in [0, 0.05) is 11.3 Å². The molecule has 0 radical (unpaired) electrons. The molecule has 10 heteroatoms. The minimum absolute atomic E-state index is 0.195. The molecule has 0 aliphatic carbocycles. The molecule has 0 unspecified atom stereocenters. The molecule has 3 aromatic carbocycles. The molecule has 1 N–H and O–H groups in total. The van der Waals surface area contributed by atoms with E-state index in [0.29, 0.717) is 46.1 Å². The van der Waals surface area contributed by atoms with E-state index in [0.717, 1.165) is 0 Å². The Morgan fingerprint density at radius 2 is 1.85 bits per heavy atom. The number of nitrogens with one attached hydrogen (secondary N) is 1. The van der Waals surface area contributed by atoms with Crippen molar-refractivity contribution in [2.45, 2.75) is 13.1 Å². The lowest BCUT2D eigenvalue weighted by Gasteiger charge is -2.14. The minimum atomic E-state index is -4.80. The average molecular weight is 471 g/mol. The summed E-state index contributed by atoms with van der Waals surface area (Å²) in [6.07, 6.45) is -3.48. The number of aromatic nitrogens is 2. The summed E-state index contributed by atoms with van der Waals surface area (Å²) in [5.41, 5.74) is -0.488. The number of hydrogen-bond donors (Lipinski definition) is 1.